The molecule has 0 nitrogen and oxygen atoms in total. The normalized spacial score (nSPS) is 14.8. The van der Waals surface area contributed by atoms with Gasteiger partial charge in [0, 0.05) is 0 Å². The van der Waals surface area contributed by atoms with E-state index in [4.69, 9.17) is 11.6 Å². The molecule has 16 heavy (non-hydrogen) atoms. The van der Waals surface area contributed by atoms with Crippen LogP contribution >= 0.6 is 11.6 Å². The fourth-order valence-corrected chi connectivity index (χ4v) is 2.29. The van der Waals surface area contributed by atoms with E-state index in [2.05, 4.69) is 45.0 Å². The first-order chi connectivity index (χ1) is 7.62. The fourth-order valence-electron chi connectivity index (χ4n) is 2.03. The number of aryl methyl sites for hydroxylation is 1. The molecule has 90 valence electrons. The Labute approximate surface area is 105 Å². The molecule has 0 aliphatic heterocycles. The van der Waals surface area contributed by atoms with Crippen LogP contribution in [0.5, 0.6) is 0 Å². The minimum absolute atomic E-state index is 0.150. The largest absolute Gasteiger partial charge is 0.114 e. The Morgan fingerprint density at radius 1 is 1.06 bits per heavy atom. The smallest absolute Gasteiger partial charge is 0.0692 e. The van der Waals surface area contributed by atoms with E-state index in [0.29, 0.717) is 0 Å². The van der Waals surface area contributed by atoms with Crippen molar-refractivity contribution in [2.24, 2.45) is 0 Å². The third-order valence-electron chi connectivity index (χ3n) is 3.31. The molecule has 0 amide bonds. The predicted molar refractivity (Wildman–Crippen MR) is 73.1 cm³/mol. The lowest BCUT2D eigenvalue weighted by molar-refractivity contribution is 0.499. The Kier molecular flexibility index (Phi) is 5.34. The minimum Gasteiger partial charge on any atom is -0.114 e. The van der Waals surface area contributed by atoms with E-state index in [0.717, 1.165) is 12.8 Å². The highest BCUT2D eigenvalue weighted by molar-refractivity contribution is 6.24. The molecular formula is C15H23Cl. The third kappa shape index (κ3) is 3.52. The average molecular weight is 239 g/mol. The van der Waals surface area contributed by atoms with Gasteiger partial charge in [0.15, 0.2) is 0 Å². The van der Waals surface area contributed by atoms with Crippen molar-refractivity contribution in [1.29, 1.82) is 0 Å². The number of alkyl halides is 1. The molecule has 1 aromatic rings. The van der Waals surface area contributed by atoms with Crippen LogP contribution in [0.1, 0.15) is 57.1 Å². The second kappa shape index (κ2) is 6.30. The van der Waals surface area contributed by atoms with Crippen molar-refractivity contribution in [3.05, 3.63) is 35.4 Å². The van der Waals surface area contributed by atoms with E-state index in [1.807, 2.05) is 0 Å². The molecule has 1 atom stereocenters. The Hall–Kier alpha value is -0.490. The summed E-state index contributed by atoms with van der Waals surface area (Å²) in [5, 5.41) is 0. The maximum Gasteiger partial charge on any atom is 0.0692 e. The molecule has 1 heteroatoms. The van der Waals surface area contributed by atoms with Crippen molar-refractivity contribution in [1.82, 2.24) is 0 Å². The summed E-state index contributed by atoms with van der Waals surface area (Å²) in [6, 6.07) is 8.67. The van der Waals surface area contributed by atoms with E-state index < -0.39 is 0 Å². The number of hydrogen-bond acceptors (Lipinski definition) is 0. The van der Waals surface area contributed by atoms with Gasteiger partial charge in [0.05, 0.1) is 4.87 Å². The van der Waals surface area contributed by atoms with Gasteiger partial charge in [-0.3, -0.25) is 0 Å². The van der Waals surface area contributed by atoms with Gasteiger partial charge in [-0.05, 0) is 25.3 Å². The van der Waals surface area contributed by atoms with Crippen LogP contribution in [-0.2, 0) is 4.87 Å². The van der Waals surface area contributed by atoms with Crippen molar-refractivity contribution in [2.45, 2.75) is 57.7 Å². The highest BCUT2D eigenvalue weighted by Crippen LogP contribution is 2.37. The molecule has 0 radical (unpaired) electrons. The van der Waals surface area contributed by atoms with Gasteiger partial charge < -0.3 is 0 Å². The molecule has 1 unspecified atom stereocenters. The quantitative estimate of drug-likeness (QED) is 0.459. The van der Waals surface area contributed by atoms with Gasteiger partial charge >= 0.3 is 0 Å². The van der Waals surface area contributed by atoms with Crippen molar-refractivity contribution in [3.63, 3.8) is 0 Å². The summed E-state index contributed by atoms with van der Waals surface area (Å²) in [4.78, 5) is -0.150. The van der Waals surface area contributed by atoms with E-state index >= 15 is 0 Å². The van der Waals surface area contributed by atoms with Crippen LogP contribution in [-0.4, -0.2) is 0 Å². The Morgan fingerprint density at radius 3 is 2.19 bits per heavy atom. The van der Waals surface area contributed by atoms with Crippen LogP contribution in [0.15, 0.2) is 24.3 Å². The van der Waals surface area contributed by atoms with E-state index in [1.54, 1.807) is 0 Å². The summed E-state index contributed by atoms with van der Waals surface area (Å²) in [6.07, 6.45) is 5.84. The maximum absolute atomic E-state index is 6.74. The summed E-state index contributed by atoms with van der Waals surface area (Å²) in [7, 11) is 0. The molecule has 0 aromatic heterocycles. The number of hydrogen-bond donors (Lipinski definition) is 0. The van der Waals surface area contributed by atoms with Crippen molar-refractivity contribution in [2.75, 3.05) is 0 Å². The van der Waals surface area contributed by atoms with Gasteiger partial charge in [-0.25, -0.2) is 0 Å². The number of halogens is 1. The highest BCUT2D eigenvalue weighted by Gasteiger charge is 2.26. The minimum atomic E-state index is -0.150. The lowest BCUT2D eigenvalue weighted by atomic mass is 9.89. The van der Waals surface area contributed by atoms with Crippen LogP contribution < -0.4 is 0 Å². The maximum atomic E-state index is 6.74. The standard InChI is InChI=1S/C15H23Cl/c1-4-6-7-12-15(16,5-2)14-10-8-13(3)9-11-14/h8-11H,4-7,12H2,1-3H3. The zero-order chi connectivity index (χ0) is 12.0. The molecule has 0 spiro atoms. The Balaban J connectivity index is 2.74. The van der Waals surface area contributed by atoms with Crippen molar-refractivity contribution < 1.29 is 0 Å². The van der Waals surface area contributed by atoms with E-state index in [1.165, 1.54) is 30.4 Å². The van der Waals surface area contributed by atoms with Crippen LogP contribution in [0.3, 0.4) is 0 Å². The second-order valence-electron chi connectivity index (χ2n) is 4.64. The highest BCUT2D eigenvalue weighted by atomic mass is 35.5. The molecule has 1 rings (SSSR count). The first kappa shape index (κ1) is 13.6. The molecule has 0 heterocycles. The van der Waals surface area contributed by atoms with Gasteiger partial charge in [-0.2, -0.15) is 0 Å². The van der Waals surface area contributed by atoms with Gasteiger partial charge in [0.1, 0.15) is 0 Å². The zero-order valence-electron chi connectivity index (χ0n) is 10.7. The lowest BCUT2D eigenvalue weighted by Gasteiger charge is -2.26. The first-order valence-corrected chi connectivity index (χ1v) is 6.76. The molecule has 0 bridgehead atoms. The van der Waals surface area contributed by atoms with Gasteiger partial charge in [0.2, 0.25) is 0 Å². The molecule has 0 saturated carbocycles. The van der Waals surface area contributed by atoms with Crippen LogP contribution in [0.4, 0.5) is 0 Å². The van der Waals surface area contributed by atoms with Crippen molar-refractivity contribution >= 4 is 11.6 Å². The summed E-state index contributed by atoms with van der Waals surface area (Å²) in [6.45, 7) is 6.52. The summed E-state index contributed by atoms with van der Waals surface area (Å²) < 4.78 is 0. The van der Waals surface area contributed by atoms with Gasteiger partial charge in [-0.1, -0.05) is 62.9 Å². The molecule has 1 aromatic carbocycles. The Bertz CT molecular complexity index is 302. The summed E-state index contributed by atoms with van der Waals surface area (Å²) in [5.41, 5.74) is 2.57. The zero-order valence-corrected chi connectivity index (χ0v) is 11.5. The summed E-state index contributed by atoms with van der Waals surface area (Å²) >= 11 is 6.74. The number of unbranched alkanes of at least 4 members (excludes halogenated alkanes) is 2. The number of benzene rings is 1. The van der Waals surface area contributed by atoms with Gasteiger partial charge in [-0.15, -0.1) is 11.6 Å². The third-order valence-corrected chi connectivity index (χ3v) is 3.98. The fraction of sp³-hybridized carbons (Fsp3) is 0.600. The molecule has 0 fully saturated rings. The van der Waals surface area contributed by atoms with Gasteiger partial charge in [0.25, 0.3) is 0 Å². The monoisotopic (exact) mass is 238 g/mol. The molecule has 0 aliphatic rings. The van der Waals surface area contributed by atoms with Crippen LogP contribution in [0, 0.1) is 6.92 Å². The molecule has 0 saturated heterocycles. The van der Waals surface area contributed by atoms with Crippen LogP contribution in [0.2, 0.25) is 0 Å². The first-order valence-electron chi connectivity index (χ1n) is 6.38. The number of rotatable bonds is 6. The van der Waals surface area contributed by atoms with E-state index in [-0.39, 0.29) is 4.87 Å². The van der Waals surface area contributed by atoms with E-state index in [9.17, 15) is 0 Å². The SMILES string of the molecule is CCCCCC(Cl)(CC)c1ccc(C)cc1. The van der Waals surface area contributed by atoms with Crippen molar-refractivity contribution in [3.8, 4) is 0 Å². The lowest BCUT2D eigenvalue weighted by Crippen LogP contribution is -2.17. The molecule has 0 aliphatic carbocycles. The Morgan fingerprint density at radius 2 is 1.69 bits per heavy atom. The topological polar surface area (TPSA) is 0 Å². The molecule has 0 N–H and O–H groups in total. The summed E-state index contributed by atoms with van der Waals surface area (Å²) in [5.74, 6) is 0. The second-order valence-corrected chi connectivity index (χ2v) is 5.37. The average Bonchev–Trinajstić information content (AvgIpc) is 2.30. The predicted octanol–water partition coefficient (Wildman–Crippen LogP) is 5.42. The van der Waals surface area contributed by atoms with Crippen LogP contribution in [0.25, 0.3) is 0 Å². The molecular weight excluding hydrogens is 216 g/mol.